The highest BCUT2D eigenvalue weighted by Gasteiger charge is 2.14. The van der Waals surface area contributed by atoms with Gasteiger partial charge in [0.15, 0.2) is 0 Å². The van der Waals surface area contributed by atoms with Gasteiger partial charge in [0.1, 0.15) is 6.26 Å². The van der Waals surface area contributed by atoms with Crippen molar-refractivity contribution in [3.63, 3.8) is 0 Å². The number of oxazole rings is 1. The number of aromatic nitrogens is 1. The maximum Gasteiger partial charge on any atom is 0.424 e. The van der Waals surface area contributed by atoms with Gasteiger partial charge in [-0.05, 0) is 30.5 Å². The maximum atomic E-state index is 12.0. The van der Waals surface area contributed by atoms with Crippen LogP contribution in [0.2, 0.25) is 0 Å². The quantitative estimate of drug-likeness (QED) is 0.414. The third-order valence-electron chi connectivity index (χ3n) is 3.40. The van der Waals surface area contributed by atoms with Crippen molar-refractivity contribution in [1.29, 1.82) is 0 Å². The van der Waals surface area contributed by atoms with E-state index in [9.17, 15) is 14.9 Å². The summed E-state index contributed by atoms with van der Waals surface area (Å²) in [5.41, 5.74) is 1.90. The summed E-state index contributed by atoms with van der Waals surface area (Å²) in [6.45, 7) is 0. The summed E-state index contributed by atoms with van der Waals surface area (Å²) in [4.78, 5) is 23.4. The highest BCUT2D eigenvalue weighted by molar-refractivity contribution is 7.98. The van der Waals surface area contributed by atoms with Gasteiger partial charge in [0.2, 0.25) is 0 Å². The number of hydrogen-bond donors (Lipinski definition) is 0. The van der Waals surface area contributed by atoms with Crippen molar-refractivity contribution in [3.05, 3.63) is 75.5 Å². The summed E-state index contributed by atoms with van der Waals surface area (Å²) in [5, 5.41) is 10.7. The van der Waals surface area contributed by atoms with Crippen LogP contribution in [0.15, 0.2) is 68.9 Å². The van der Waals surface area contributed by atoms with E-state index in [0.29, 0.717) is 11.4 Å². The maximum absolute atomic E-state index is 12.0. The first-order valence-corrected chi connectivity index (χ1v) is 7.92. The lowest BCUT2D eigenvalue weighted by Gasteiger charge is -2.06. The average molecular weight is 328 g/mol. The summed E-state index contributed by atoms with van der Waals surface area (Å²) >= 11 is 1.63. The van der Waals surface area contributed by atoms with Gasteiger partial charge in [0.05, 0.1) is 16.3 Å². The highest BCUT2D eigenvalue weighted by atomic mass is 32.2. The zero-order valence-corrected chi connectivity index (χ0v) is 12.9. The van der Waals surface area contributed by atoms with Crippen LogP contribution in [-0.4, -0.2) is 15.7 Å². The Balaban J connectivity index is 2.07. The number of hydrogen-bond acceptors (Lipinski definition) is 5. The Bertz CT molecular complexity index is 895. The zero-order valence-electron chi connectivity index (χ0n) is 12.1. The number of rotatable bonds is 4. The molecular weight excluding hydrogens is 316 g/mol. The fourth-order valence-corrected chi connectivity index (χ4v) is 2.65. The molecule has 0 bridgehead atoms. The molecule has 0 amide bonds. The molecule has 3 rings (SSSR count). The predicted octanol–water partition coefficient (Wildman–Crippen LogP) is 3.73. The first kappa shape index (κ1) is 15.1. The van der Waals surface area contributed by atoms with Gasteiger partial charge in [-0.1, -0.05) is 12.1 Å². The fraction of sp³-hybridized carbons (Fsp3) is 0.0625. The summed E-state index contributed by atoms with van der Waals surface area (Å²) in [6.07, 6.45) is 3.37. The molecule has 1 heterocycles. The molecule has 0 unspecified atom stereocenters. The average Bonchev–Trinajstić information content (AvgIpc) is 2.96. The molecule has 0 aliphatic rings. The van der Waals surface area contributed by atoms with Gasteiger partial charge in [0, 0.05) is 22.6 Å². The zero-order chi connectivity index (χ0) is 16.4. The molecule has 6 nitrogen and oxygen atoms in total. The molecule has 1 aromatic heterocycles. The minimum atomic E-state index is -0.539. The Morgan fingerprint density at radius 2 is 1.74 bits per heavy atom. The second-order valence-electron chi connectivity index (χ2n) is 4.72. The first-order chi connectivity index (χ1) is 11.1. The lowest BCUT2D eigenvalue weighted by molar-refractivity contribution is -0.384. The molecule has 0 aliphatic heterocycles. The normalized spacial score (nSPS) is 10.7. The summed E-state index contributed by atoms with van der Waals surface area (Å²) in [5.74, 6) is -0.539. The van der Waals surface area contributed by atoms with E-state index in [-0.39, 0.29) is 5.69 Å². The molecular formula is C16H12N2O4S. The van der Waals surface area contributed by atoms with Crippen LogP contribution in [0.5, 0.6) is 0 Å². The summed E-state index contributed by atoms with van der Waals surface area (Å²) < 4.78 is 6.39. The molecule has 2 aromatic carbocycles. The third kappa shape index (κ3) is 2.91. The molecule has 23 heavy (non-hydrogen) atoms. The van der Waals surface area contributed by atoms with Gasteiger partial charge in [-0.25, -0.2) is 9.36 Å². The van der Waals surface area contributed by atoms with E-state index in [1.807, 2.05) is 30.5 Å². The number of non-ortho nitro benzene ring substituents is 1. The fourth-order valence-electron chi connectivity index (χ4n) is 2.24. The molecule has 0 aliphatic carbocycles. The molecule has 0 spiro atoms. The molecule has 3 aromatic rings. The molecule has 0 radical (unpaired) electrons. The van der Waals surface area contributed by atoms with Crippen LogP contribution in [0.4, 0.5) is 5.69 Å². The first-order valence-electron chi connectivity index (χ1n) is 6.70. The summed E-state index contributed by atoms with van der Waals surface area (Å²) in [7, 11) is 0. The van der Waals surface area contributed by atoms with Crippen molar-refractivity contribution in [2.75, 3.05) is 6.26 Å². The van der Waals surface area contributed by atoms with Crippen LogP contribution in [0.25, 0.3) is 16.9 Å². The number of nitro benzene ring substituents is 1. The van der Waals surface area contributed by atoms with Crippen molar-refractivity contribution in [1.82, 2.24) is 4.57 Å². The molecule has 0 saturated heterocycles. The smallest absolute Gasteiger partial charge is 0.415 e. The largest absolute Gasteiger partial charge is 0.424 e. The summed E-state index contributed by atoms with van der Waals surface area (Å²) in [6, 6.07) is 13.5. The van der Waals surface area contributed by atoms with Crippen LogP contribution >= 0.6 is 11.8 Å². The van der Waals surface area contributed by atoms with E-state index in [1.165, 1.54) is 35.1 Å². The van der Waals surface area contributed by atoms with Gasteiger partial charge in [-0.3, -0.25) is 10.1 Å². The molecule has 0 saturated carbocycles. The number of nitrogens with zero attached hydrogens (tertiary/aromatic N) is 2. The van der Waals surface area contributed by atoms with Crippen LogP contribution in [0, 0.1) is 10.1 Å². The van der Waals surface area contributed by atoms with E-state index in [1.54, 1.807) is 11.8 Å². The predicted molar refractivity (Wildman–Crippen MR) is 88.2 cm³/mol. The topological polar surface area (TPSA) is 78.3 Å². The molecule has 7 heteroatoms. The lowest BCUT2D eigenvalue weighted by Crippen LogP contribution is -2.13. The van der Waals surface area contributed by atoms with Crippen molar-refractivity contribution in [3.8, 4) is 16.9 Å². The van der Waals surface area contributed by atoms with E-state index in [2.05, 4.69) is 0 Å². The second kappa shape index (κ2) is 6.13. The van der Waals surface area contributed by atoms with Gasteiger partial charge >= 0.3 is 5.76 Å². The monoisotopic (exact) mass is 328 g/mol. The highest BCUT2D eigenvalue weighted by Crippen LogP contribution is 2.25. The number of benzene rings is 2. The van der Waals surface area contributed by atoms with Crippen LogP contribution in [0.3, 0.4) is 0 Å². The van der Waals surface area contributed by atoms with Crippen molar-refractivity contribution in [2.24, 2.45) is 0 Å². The van der Waals surface area contributed by atoms with Crippen LogP contribution in [-0.2, 0) is 0 Å². The van der Waals surface area contributed by atoms with E-state index in [4.69, 9.17) is 4.42 Å². The molecule has 0 atom stereocenters. The lowest BCUT2D eigenvalue weighted by atomic mass is 10.1. The Kier molecular flexibility index (Phi) is 4.03. The van der Waals surface area contributed by atoms with Gasteiger partial charge in [-0.2, -0.15) is 0 Å². The third-order valence-corrected chi connectivity index (χ3v) is 4.14. The van der Waals surface area contributed by atoms with Gasteiger partial charge < -0.3 is 4.42 Å². The SMILES string of the molecule is CSc1ccc(-c2coc(=O)n2-c2ccc([N+](=O)[O-])cc2)cc1. The molecule has 116 valence electrons. The van der Waals surface area contributed by atoms with Crippen molar-refractivity contribution in [2.45, 2.75) is 4.90 Å². The minimum Gasteiger partial charge on any atom is -0.415 e. The Hall–Kier alpha value is -2.80. The van der Waals surface area contributed by atoms with Crippen LogP contribution < -0.4 is 5.76 Å². The number of thioether (sulfide) groups is 1. The van der Waals surface area contributed by atoms with E-state index < -0.39 is 10.7 Å². The van der Waals surface area contributed by atoms with E-state index in [0.717, 1.165) is 10.5 Å². The van der Waals surface area contributed by atoms with Gasteiger partial charge in [-0.15, -0.1) is 11.8 Å². The standard InChI is InChI=1S/C16H12N2O4S/c1-23-14-8-2-11(3-9-14)15-10-22-16(19)17(15)12-4-6-13(7-5-12)18(20)21/h2-10H,1H3. The number of nitro groups is 1. The Labute approximate surface area is 135 Å². The van der Waals surface area contributed by atoms with Crippen LogP contribution in [0.1, 0.15) is 0 Å². The van der Waals surface area contributed by atoms with Gasteiger partial charge in [0.25, 0.3) is 5.69 Å². The molecule has 0 N–H and O–H groups in total. The minimum absolute atomic E-state index is 0.0313. The van der Waals surface area contributed by atoms with E-state index >= 15 is 0 Å². The second-order valence-corrected chi connectivity index (χ2v) is 5.60. The van der Waals surface area contributed by atoms with Crippen molar-refractivity contribution >= 4 is 17.4 Å². The molecule has 0 fully saturated rings. The Morgan fingerprint density at radius 3 is 2.30 bits per heavy atom. The Morgan fingerprint density at radius 1 is 1.09 bits per heavy atom. The van der Waals surface area contributed by atoms with Crippen molar-refractivity contribution < 1.29 is 9.34 Å².